The van der Waals surface area contributed by atoms with Gasteiger partial charge in [-0.15, -0.1) is 0 Å². The molecule has 0 aliphatic rings. The van der Waals surface area contributed by atoms with E-state index >= 15 is 0 Å². The highest BCUT2D eigenvalue weighted by Crippen LogP contribution is 2.22. The molecule has 1 amide bonds. The third-order valence-electron chi connectivity index (χ3n) is 4.14. The second kappa shape index (κ2) is 7.71. The summed E-state index contributed by atoms with van der Waals surface area (Å²) in [6, 6.07) is 18.1. The molecule has 0 spiro atoms. The number of rotatable bonds is 5. The van der Waals surface area contributed by atoms with E-state index in [9.17, 15) is 9.18 Å². The summed E-state index contributed by atoms with van der Waals surface area (Å²) in [5.74, 6) is -0.815. The number of halogens is 1. The first-order chi connectivity index (χ1) is 12.1. The van der Waals surface area contributed by atoms with Crippen molar-refractivity contribution in [1.82, 2.24) is 9.88 Å². The highest BCUT2D eigenvalue weighted by atomic mass is 19.1. The maximum atomic E-state index is 14.2. The standard InChI is InChI=1S/C21H19FN2O/c1-24(14-11-16-9-12-23-13-10-16)21(25)19-15-18(7-8-20(19)22)17-5-3-2-4-6-17/h2-10,12-13,15H,11,14H2,1H3. The average molecular weight is 334 g/mol. The summed E-state index contributed by atoms with van der Waals surface area (Å²) < 4.78 is 14.2. The highest BCUT2D eigenvalue weighted by Gasteiger charge is 2.17. The Balaban J connectivity index is 1.77. The first-order valence-corrected chi connectivity index (χ1v) is 8.14. The number of hydrogen-bond donors (Lipinski definition) is 0. The van der Waals surface area contributed by atoms with Gasteiger partial charge >= 0.3 is 0 Å². The number of amides is 1. The summed E-state index contributed by atoms with van der Waals surface area (Å²) in [4.78, 5) is 18.2. The van der Waals surface area contributed by atoms with Crippen LogP contribution in [0, 0.1) is 5.82 Å². The molecular weight excluding hydrogens is 315 g/mol. The topological polar surface area (TPSA) is 33.2 Å². The Labute approximate surface area is 146 Å². The van der Waals surface area contributed by atoms with Crippen LogP contribution in [-0.2, 0) is 6.42 Å². The minimum Gasteiger partial charge on any atom is -0.341 e. The fraction of sp³-hybridized carbons (Fsp3) is 0.143. The Kier molecular flexibility index (Phi) is 5.19. The van der Waals surface area contributed by atoms with Gasteiger partial charge in [-0.05, 0) is 47.4 Å². The number of benzene rings is 2. The molecule has 4 heteroatoms. The van der Waals surface area contributed by atoms with Crippen molar-refractivity contribution in [3.8, 4) is 11.1 Å². The van der Waals surface area contributed by atoms with Crippen LogP contribution in [0.5, 0.6) is 0 Å². The van der Waals surface area contributed by atoms with Crippen molar-refractivity contribution in [3.63, 3.8) is 0 Å². The van der Waals surface area contributed by atoms with E-state index < -0.39 is 5.82 Å². The van der Waals surface area contributed by atoms with Crippen LogP contribution in [-0.4, -0.2) is 29.4 Å². The van der Waals surface area contributed by atoms with Crippen molar-refractivity contribution in [3.05, 3.63) is 90.0 Å². The zero-order valence-corrected chi connectivity index (χ0v) is 14.0. The molecule has 0 aliphatic carbocycles. The van der Waals surface area contributed by atoms with Gasteiger partial charge in [0.2, 0.25) is 0 Å². The first kappa shape index (κ1) is 16.8. The molecule has 2 aromatic carbocycles. The number of pyridine rings is 1. The van der Waals surface area contributed by atoms with Crippen LogP contribution in [0.25, 0.3) is 11.1 Å². The van der Waals surface area contributed by atoms with Gasteiger partial charge in [0.15, 0.2) is 0 Å². The molecule has 1 aromatic heterocycles. The van der Waals surface area contributed by atoms with Gasteiger partial charge in [-0.3, -0.25) is 9.78 Å². The molecule has 0 radical (unpaired) electrons. The Morgan fingerprint density at radius 1 is 1.00 bits per heavy atom. The molecule has 0 saturated carbocycles. The predicted molar refractivity (Wildman–Crippen MR) is 96.7 cm³/mol. The van der Waals surface area contributed by atoms with E-state index in [1.807, 2.05) is 42.5 Å². The lowest BCUT2D eigenvalue weighted by molar-refractivity contribution is 0.0792. The molecule has 3 nitrogen and oxygen atoms in total. The van der Waals surface area contributed by atoms with Crippen molar-refractivity contribution in [2.45, 2.75) is 6.42 Å². The fourth-order valence-corrected chi connectivity index (χ4v) is 2.65. The second-order valence-corrected chi connectivity index (χ2v) is 5.89. The largest absolute Gasteiger partial charge is 0.341 e. The first-order valence-electron chi connectivity index (χ1n) is 8.14. The number of aromatic nitrogens is 1. The van der Waals surface area contributed by atoms with Gasteiger partial charge in [-0.25, -0.2) is 4.39 Å². The van der Waals surface area contributed by atoms with E-state index in [-0.39, 0.29) is 11.5 Å². The maximum absolute atomic E-state index is 14.2. The molecule has 0 bridgehead atoms. The van der Waals surface area contributed by atoms with Crippen LogP contribution in [0.15, 0.2) is 73.1 Å². The van der Waals surface area contributed by atoms with Gasteiger partial charge < -0.3 is 4.90 Å². The van der Waals surface area contributed by atoms with Crippen molar-refractivity contribution < 1.29 is 9.18 Å². The minimum absolute atomic E-state index is 0.0959. The van der Waals surface area contributed by atoms with Crippen LogP contribution >= 0.6 is 0 Å². The van der Waals surface area contributed by atoms with Crippen LogP contribution in [0.1, 0.15) is 15.9 Å². The molecule has 1 heterocycles. The monoisotopic (exact) mass is 334 g/mol. The summed E-state index contributed by atoms with van der Waals surface area (Å²) in [5, 5.41) is 0. The molecule has 25 heavy (non-hydrogen) atoms. The quantitative estimate of drug-likeness (QED) is 0.700. The molecule has 0 N–H and O–H groups in total. The summed E-state index contributed by atoms with van der Waals surface area (Å²) in [5.41, 5.74) is 2.97. The molecule has 0 fully saturated rings. The molecule has 0 aliphatic heterocycles. The Morgan fingerprint density at radius 2 is 1.72 bits per heavy atom. The number of hydrogen-bond acceptors (Lipinski definition) is 2. The number of likely N-dealkylation sites (N-methyl/N-ethyl adjacent to an activating group) is 1. The third-order valence-corrected chi connectivity index (χ3v) is 4.14. The van der Waals surface area contributed by atoms with E-state index in [4.69, 9.17) is 0 Å². The molecule has 3 aromatic rings. The highest BCUT2D eigenvalue weighted by molar-refractivity contribution is 5.95. The van der Waals surface area contributed by atoms with E-state index in [1.54, 1.807) is 36.5 Å². The lowest BCUT2D eigenvalue weighted by atomic mass is 10.0. The van der Waals surface area contributed by atoms with Crippen molar-refractivity contribution in [1.29, 1.82) is 0 Å². The third kappa shape index (κ3) is 4.10. The van der Waals surface area contributed by atoms with E-state index in [0.29, 0.717) is 13.0 Å². The predicted octanol–water partition coefficient (Wildman–Crippen LogP) is 4.20. The molecular formula is C21H19FN2O. The molecule has 126 valence electrons. The lowest BCUT2D eigenvalue weighted by Crippen LogP contribution is -2.29. The average Bonchev–Trinajstić information content (AvgIpc) is 2.67. The minimum atomic E-state index is -0.500. The Bertz CT molecular complexity index is 850. The number of carbonyl (C=O) groups excluding carboxylic acids is 1. The normalized spacial score (nSPS) is 10.5. The van der Waals surface area contributed by atoms with Crippen LogP contribution in [0.2, 0.25) is 0 Å². The zero-order chi connectivity index (χ0) is 17.6. The Morgan fingerprint density at radius 3 is 2.44 bits per heavy atom. The zero-order valence-electron chi connectivity index (χ0n) is 14.0. The van der Waals surface area contributed by atoms with E-state index in [0.717, 1.165) is 16.7 Å². The number of carbonyl (C=O) groups is 1. The van der Waals surface area contributed by atoms with Crippen LogP contribution < -0.4 is 0 Å². The van der Waals surface area contributed by atoms with Crippen molar-refractivity contribution in [2.75, 3.05) is 13.6 Å². The smallest absolute Gasteiger partial charge is 0.256 e. The molecule has 0 atom stereocenters. The summed E-state index contributed by atoms with van der Waals surface area (Å²) in [6.45, 7) is 0.512. The SMILES string of the molecule is CN(CCc1ccncc1)C(=O)c1cc(-c2ccccc2)ccc1F. The van der Waals surface area contributed by atoms with Gasteiger partial charge in [0.1, 0.15) is 5.82 Å². The van der Waals surface area contributed by atoms with Crippen molar-refractivity contribution >= 4 is 5.91 Å². The van der Waals surface area contributed by atoms with Gasteiger partial charge in [0.25, 0.3) is 5.91 Å². The van der Waals surface area contributed by atoms with E-state index in [1.165, 1.54) is 6.07 Å². The second-order valence-electron chi connectivity index (χ2n) is 5.89. The molecule has 0 saturated heterocycles. The van der Waals surface area contributed by atoms with Gasteiger partial charge in [0.05, 0.1) is 5.56 Å². The number of nitrogens with zero attached hydrogens (tertiary/aromatic N) is 2. The van der Waals surface area contributed by atoms with E-state index in [2.05, 4.69) is 4.98 Å². The fourth-order valence-electron chi connectivity index (χ4n) is 2.65. The van der Waals surface area contributed by atoms with Crippen molar-refractivity contribution in [2.24, 2.45) is 0 Å². The van der Waals surface area contributed by atoms with Gasteiger partial charge in [-0.2, -0.15) is 0 Å². The van der Waals surface area contributed by atoms with Gasteiger partial charge in [0, 0.05) is 26.0 Å². The van der Waals surface area contributed by atoms with Gasteiger partial charge in [-0.1, -0.05) is 36.4 Å². The molecule has 3 rings (SSSR count). The molecule has 0 unspecified atom stereocenters. The summed E-state index contributed by atoms with van der Waals surface area (Å²) in [6.07, 6.45) is 4.14. The Hall–Kier alpha value is -3.01. The summed E-state index contributed by atoms with van der Waals surface area (Å²) >= 11 is 0. The van der Waals surface area contributed by atoms with Crippen LogP contribution in [0.4, 0.5) is 4.39 Å². The van der Waals surface area contributed by atoms with Crippen LogP contribution in [0.3, 0.4) is 0 Å². The lowest BCUT2D eigenvalue weighted by Gasteiger charge is -2.18. The maximum Gasteiger partial charge on any atom is 0.256 e. The summed E-state index contributed by atoms with van der Waals surface area (Å²) in [7, 11) is 1.69.